The zero-order valence-electron chi connectivity index (χ0n) is 9.62. The van der Waals surface area contributed by atoms with Crippen molar-refractivity contribution in [3.05, 3.63) is 70.6 Å². The van der Waals surface area contributed by atoms with E-state index >= 15 is 0 Å². The number of hydrogen-bond acceptors (Lipinski definition) is 1. The Hall–Kier alpha value is -1.98. The molecule has 1 aromatic carbocycles. The van der Waals surface area contributed by atoms with Crippen LogP contribution in [-0.4, -0.2) is 0 Å². The lowest BCUT2D eigenvalue weighted by Crippen LogP contribution is -2.03. The average Bonchev–Trinajstić information content (AvgIpc) is 2.44. The summed E-state index contributed by atoms with van der Waals surface area (Å²) in [6, 6.07) is 6.29. The highest BCUT2D eigenvalue weighted by Gasteiger charge is 2.10. The molecule has 1 aromatic rings. The van der Waals surface area contributed by atoms with E-state index in [-0.39, 0.29) is 0 Å². The Labute approximate surface area is 96.3 Å². The minimum Gasteiger partial charge on any atom is -0.398 e. The number of hydrogen-bond donors (Lipinski definition) is 1. The van der Waals surface area contributed by atoms with Crippen molar-refractivity contribution in [1.29, 1.82) is 0 Å². The van der Waals surface area contributed by atoms with E-state index in [1.54, 1.807) is 0 Å². The second-order valence-electron chi connectivity index (χ2n) is 3.97. The number of aryl methyl sites for hydroxylation is 2. The van der Waals surface area contributed by atoms with Gasteiger partial charge < -0.3 is 5.73 Å². The van der Waals surface area contributed by atoms with Crippen molar-refractivity contribution < 1.29 is 0 Å². The average molecular weight is 209 g/mol. The quantitative estimate of drug-likeness (QED) is 0.706. The van der Waals surface area contributed by atoms with Gasteiger partial charge in [-0.25, -0.2) is 0 Å². The highest BCUT2D eigenvalue weighted by Crippen LogP contribution is 2.27. The van der Waals surface area contributed by atoms with Crippen LogP contribution in [-0.2, 0) is 0 Å². The van der Waals surface area contributed by atoms with Gasteiger partial charge in [0.05, 0.1) is 0 Å². The highest BCUT2D eigenvalue weighted by atomic mass is 14.6. The van der Waals surface area contributed by atoms with Crippen LogP contribution >= 0.6 is 0 Å². The zero-order valence-corrected chi connectivity index (χ0v) is 9.62. The van der Waals surface area contributed by atoms with Crippen molar-refractivity contribution in [3.8, 4) is 0 Å². The molecule has 0 spiro atoms. The minimum absolute atomic E-state index is 0.790. The minimum atomic E-state index is 0.790. The first-order valence-corrected chi connectivity index (χ1v) is 5.35. The Kier molecular flexibility index (Phi) is 2.80. The maximum Gasteiger partial charge on any atom is 0.0400 e. The molecule has 1 aliphatic carbocycles. The molecule has 2 N–H and O–H groups in total. The summed E-state index contributed by atoms with van der Waals surface area (Å²) in [6.07, 6.45) is 7.65. The van der Waals surface area contributed by atoms with Gasteiger partial charge in [-0.3, -0.25) is 0 Å². The zero-order chi connectivity index (χ0) is 11.5. The largest absolute Gasteiger partial charge is 0.398 e. The third-order valence-corrected chi connectivity index (χ3v) is 2.77. The Morgan fingerprint density at radius 1 is 1.00 bits per heavy atom. The van der Waals surface area contributed by atoms with Crippen molar-refractivity contribution in [2.45, 2.75) is 13.8 Å². The first-order chi connectivity index (χ1) is 7.70. The monoisotopic (exact) mass is 209 g/mol. The maximum atomic E-state index is 6.05. The van der Waals surface area contributed by atoms with Gasteiger partial charge in [0, 0.05) is 11.3 Å². The molecular weight excluding hydrogens is 194 g/mol. The summed E-state index contributed by atoms with van der Waals surface area (Å²) in [5, 5.41) is 0. The van der Waals surface area contributed by atoms with Crippen LogP contribution in [0.4, 0.5) is 0 Å². The molecule has 1 nitrogen and oxygen atoms in total. The molecule has 0 bridgehead atoms. The van der Waals surface area contributed by atoms with Gasteiger partial charge in [-0.2, -0.15) is 0 Å². The summed E-state index contributed by atoms with van der Waals surface area (Å²) in [4.78, 5) is 0. The van der Waals surface area contributed by atoms with E-state index in [1.807, 2.05) is 24.3 Å². The summed E-state index contributed by atoms with van der Waals surface area (Å²) < 4.78 is 0. The van der Waals surface area contributed by atoms with Gasteiger partial charge >= 0.3 is 0 Å². The Morgan fingerprint density at radius 3 is 2.31 bits per heavy atom. The van der Waals surface area contributed by atoms with Crippen LogP contribution in [0.5, 0.6) is 0 Å². The van der Waals surface area contributed by atoms with Crippen molar-refractivity contribution >= 4 is 5.57 Å². The Bertz CT molecular complexity index is 518. The van der Waals surface area contributed by atoms with Crippen LogP contribution in [0.15, 0.2) is 53.9 Å². The van der Waals surface area contributed by atoms with Crippen molar-refractivity contribution in [2.75, 3.05) is 0 Å². The molecule has 0 aromatic heterocycles. The van der Waals surface area contributed by atoms with Gasteiger partial charge in [-0.15, -0.1) is 5.73 Å². The third-order valence-electron chi connectivity index (χ3n) is 2.77. The van der Waals surface area contributed by atoms with Crippen LogP contribution in [0.3, 0.4) is 0 Å². The highest BCUT2D eigenvalue weighted by molar-refractivity contribution is 5.83. The molecule has 0 fully saturated rings. The van der Waals surface area contributed by atoms with Gasteiger partial charge in [-0.1, -0.05) is 18.2 Å². The molecule has 0 radical (unpaired) electrons. The number of benzene rings is 1. The first-order valence-electron chi connectivity index (χ1n) is 5.35. The predicted molar refractivity (Wildman–Crippen MR) is 68.8 cm³/mol. The van der Waals surface area contributed by atoms with E-state index in [0.29, 0.717) is 0 Å². The van der Waals surface area contributed by atoms with Crippen LogP contribution in [0.1, 0.15) is 16.7 Å². The lowest BCUT2D eigenvalue weighted by molar-refractivity contribution is 1.31. The molecular formula is C15H15N. The first kappa shape index (κ1) is 10.5. The third kappa shape index (κ3) is 1.86. The molecule has 0 amide bonds. The fourth-order valence-corrected chi connectivity index (χ4v) is 1.98. The van der Waals surface area contributed by atoms with E-state index < -0.39 is 0 Å². The Morgan fingerprint density at radius 2 is 1.62 bits per heavy atom. The number of nitrogens with two attached hydrogens (primary N) is 1. The summed E-state index contributed by atoms with van der Waals surface area (Å²) in [5.41, 5.74) is 14.7. The fraction of sp³-hybridized carbons (Fsp3) is 0.133. The molecule has 0 heterocycles. The number of rotatable bonds is 1. The van der Waals surface area contributed by atoms with E-state index in [4.69, 9.17) is 5.73 Å². The van der Waals surface area contributed by atoms with Crippen LogP contribution in [0.25, 0.3) is 5.57 Å². The van der Waals surface area contributed by atoms with Crippen molar-refractivity contribution in [3.63, 3.8) is 0 Å². The van der Waals surface area contributed by atoms with Gasteiger partial charge in [0.25, 0.3) is 0 Å². The predicted octanol–water partition coefficient (Wildman–Crippen LogP) is 3.25. The second kappa shape index (κ2) is 4.26. The molecule has 0 saturated carbocycles. The van der Waals surface area contributed by atoms with Crippen molar-refractivity contribution in [1.82, 2.24) is 0 Å². The van der Waals surface area contributed by atoms with Crippen LogP contribution < -0.4 is 5.73 Å². The van der Waals surface area contributed by atoms with E-state index in [9.17, 15) is 0 Å². The fourth-order valence-electron chi connectivity index (χ4n) is 1.98. The molecule has 0 atom stereocenters. The topological polar surface area (TPSA) is 26.0 Å². The van der Waals surface area contributed by atoms with Gasteiger partial charge in [0.2, 0.25) is 0 Å². The molecule has 0 aliphatic heterocycles. The molecule has 1 heteroatoms. The summed E-state index contributed by atoms with van der Waals surface area (Å²) in [7, 11) is 0. The second-order valence-corrected chi connectivity index (χ2v) is 3.97. The lowest BCUT2D eigenvalue weighted by atomic mass is 9.93. The summed E-state index contributed by atoms with van der Waals surface area (Å²) in [6.45, 7) is 4.22. The molecule has 80 valence electrons. The number of allylic oxidation sites excluding steroid dienone is 4. The van der Waals surface area contributed by atoms with Crippen LogP contribution in [0, 0.1) is 13.8 Å². The van der Waals surface area contributed by atoms with E-state index in [0.717, 1.165) is 11.3 Å². The summed E-state index contributed by atoms with van der Waals surface area (Å²) >= 11 is 0. The SMILES string of the molecule is Cc1cccc(C)c1C1=CC=C=CC=C1N. The van der Waals surface area contributed by atoms with E-state index in [1.165, 1.54) is 16.7 Å². The standard InChI is InChI=1S/C15H15N/c1-11-7-6-8-12(2)15(11)13-9-4-3-5-10-14(13)16/h4-10H,16H2,1-2H3. The molecule has 0 saturated heterocycles. The molecule has 0 unspecified atom stereocenters. The van der Waals surface area contributed by atoms with Gasteiger partial charge in [0.1, 0.15) is 0 Å². The van der Waals surface area contributed by atoms with Gasteiger partial charge in [0.15, 0.2) is 0 Å². The van der Waals surface area contributed by atoms with Crippen LogP contribution in [0.2, 0.25) is 0 Å². The van der Waals surface area contributed by atoms with E-state index in [2.05, 4.69) is 37.8 Å². The summed E-state index contributed by atoms with van der Waals surface area (Å²) in [5.74, 6) is 0. The normalized spacial score (nSPS) is 14.4. The molecule has 16 heavy (non-hydrogen) atoms. The lowest BCUT2D eigenvalue weighted by Gasteiger charge is -2.13. The van der Waals surface area contributed by atoms with Gasteiger partial charge in [-0.05, 0) is 54.8 Å². The van der Waals surface area contributed by atoms with Crippen molar-refractivity contribution in [2.24, 2.45) is 5.73 Å². The smallest absolute Gasteiger partial charge is 0.0400 e. The molecule has 2 rings (SSSR count). The Balaban J connectivity index is 2.62. The maximum absolute atomic E-state index is 6.05. The molecule has 1 aliphatic rings.